The lowest BCUT2D eigenvalue weighted by molar-refractivity contribution is 0.586. The lowest BCUT2D eigenvalue weighted by Gasteiger charge is -2.47. The predicted octanol–water partition coefficient (Wildman–Crippen LogP) is 16.9. The van der Waals surface area contributed by atoms with Gasteiger partial charge in [0.2, 0.25) is 0 Å². The van der Waals surface area contributed by atoms with E-state index in [1.165, 1.54) is 94.4 Å². The number of rotatable bonds is 4. The highest BCUT2D eigenvalue weighted by Gasteiger charge is 2.46. The summed E-state index contributed by atoms with van der Waals surface area (Å²) >= 11 is 0. The minimum atomic E-state index is -0.161. The number of nitrogens with zero attached hydrogens (tertiary/aromatic N) is 3. The number of benzene rings is 9. The quantitative estimate of drug-likeness (QED) is 0.164. The second-order valence-electron chi connectivity index (χ2n) is 23.9. The topological polar surface area (TPSA) is 24.6 Å². The standard InChI is InChI=1S/C68H62BN3O/c1-41-53(67(6,7)8)34-35-55-63(41)72(46-23-16-13-17-24-46)64-42(2)54(68(9,10)11)39-60-62(64)69(55)56-38-52-51-37-44(66(3,4)5)31-36-57(51)70(45-21-14-12-15-22-45)58(52)40-59(56)71(60)47-32-29-43(30-33-47)48-26-20-27-50-49-25-18-19-28-61(49)73-65(48)50/h12-40H,1-11H3. The van der Waals surface area contributed by atoms with E-state index in [2.05, 4.69) is 260 Å². The van der Waals surface area contributed by atoms with Crippen molar-refractivity contribution in [2.45, 2.75) is 92.4 Å². The van der Waals surface area contributed by atoms with Crippen LogP contribution in [-0.2, 0) is 16.2 Å². The number of fused-ring (bicyclic) bond motifs is 10. The molecule has 4 nitrogen and oxygen atoms in total. The third kappa shape index (κ3) is 6.81. The molecule has 0 saturated carbocycles. The van der Waals surface area contributed by atoms with Crippen molar-refractivity contribution < 1.29 is 4.42 Å². The van der Waals surface area contributed by atoms with Crippen molar-refractivity contribution in [3.05, 3.63) is 204 Å². The largest absolute Gasteiger partial charge is 0.455 e. The van der Waals surface area contributed by atoms with Gasteiger partial charge in [-0.3, -0.25) is 0 Å². The molecular formula is C68H62BN3O. The molecule has 11 aromatic rings. The molecule has 0 saturated heterocycles. The molecule has 13 rings (SSSR count). The number of hydrogen-bond donors (Lipinski definition) is 0. The summed E-state index contributed by atoms with van der Waals surface area (Å²) in [5.41, 5.74) is 25.3. The lowest BCUT2D eigenvalue weighted by Crippen LogP contribution is -2.62. The van der Waals surface area contributed by atoms with E-state index in [4.69, 9.17) is 4.42 Å². The molecule has 5 heteroatoms. The summed E-state index contributed by atoms with van der Waals surface area (Å²) in [7, 11) is 0. The molecule has 0 radical (unpaired) electrons. The number of furan rings is 1. The van der Waals surface area contributed by atoms with Crippen molar-refractivity contribution in [1.82, 2.24) is 4.57 Å². The van der Waals surface area contributed by atoms with Gasteiger partial charge >= 0.3 is 0 Å². The van der Waals surface area contributed by atoms with Gasteiger partial charge in [-0.1, -0.05) is 172 Å². The van der Waals surface area contributed by atoms with Gasteiger partial charge in [0, 0.05) is 66.9 Å². The van der Waals surface area contributed by atoms with Gasteiger partial charge in [0.15, 0.2) is 0 Å². The molecule has 0 aliphatic carbocycles. The van der Waals surface area contributed by atoms with Crippen molar-refractivity contribution in [2.24, 2.45) is 0 Å². The number of para-hydroxylation sites is 4. The van der Waals surface area contributed by atoms with Crippen LogP contribution < -0.4 is 26.2 Å². The van der Waals surface area contributed by atoms with E-state index in [1.807, 2.05) is 6.07 Å². The molecule has 0 spiro atoms. The Morgan fingerprint density at radius 2 is 1.05 bits per heavy atom. The molecule has 0 atom stereocenters. The Labute approximate surface area is 430 Å². The van der Waals surface area contributed by atoms with Gasteiger partial charge < -0.3 is 18.8 Å². The first-order valence-electron chi connectivity index (χ1n) is 26.1. The van der Waals surface area contributed by atoms with E-state index in [1.54, 1.807) is 0 Å². The molecule has 0 bridgehead atoms. The van der Waals surface area contributed by atoms with Crippen molar-refractivity contribution in [2.75, 3.05) is 9.80 Å². The fourth-order valence-corrected chi connectivity index (χ4v) is 12.8. The molecule has 73 heavy (non-hydrogen) atoms. The zero-order valence-electron chi connectivity index (χ0n) is 44.1. The first-order valence-corrected chi connectivity index (χ1v) is 26.1. The second-order valence-corrected chi connectivity index (χ2v) is 23.9. The maximum Gasteiger partial charge on any atom is 0.252 e. The molecule has 2 aromatic heterocycles. The Balaban J connectivity index is 1.16. The minimum Gasteiger partial charge on any atom is -0.455 e. The van der Waals surface area contributed by atoms with E-state index in [-0.39, 0.29) is 23.0 Å². The fraction of sp³-hybridized carbons (Fsp3) is 0.206. The van der Waals surface area contributed by atoms with Crippen molar-refractivity contribution in [3.63, 3.8) is 0 Å². The van der Waals surface area contributed by atoms with Gasteiger partial charge in [0.25, 0.3) is 6.71 Å². The Hall–Kier alpha value is -7.76. The van der Waals surface area contributed by atoms with Gasteiger partial charge in [-0.25, -0.2) is 0 Å². The van der Waals surface area contributed by atoms with Crippen molar-refractivity contribution in [3.8, 4) is 16.8 Å². The van der Waals surface area contributed by atoms with Gasteiger partial charge in [0.1, 0.15) is 11.2 Å². The van der Waals surface area contributed by atoms with E-state index >= 15 is 0 Å². The van der Waals surface area contributed by atoms with Crippen LogP contribution in [0.5, 0.6) is 0 Å². The third-order valence-electron chi connectivity index (χ3n) is 16.1. The smallest absolute Gasteiger partial charge is 0.252 e. The Morgan fingerprint density at radius 1 is 0.425 bits per heavy atom. The summed E-state index contributed by atoms with van der Waals surface area (Å²) < 4.78 is 9.10. The molecule has 0 N–H and O–H groups in total. The van der Waals surface area contributed by atoms with E-state index in [0.717, 1.165) is 44.4 Å². The molecule has 2 aliphatic rings. The lowest BCUT2D eigenvalue weighted by atomic mass is 9.33. The maximum atomic E-state index is 6.61. The van der Waals surface area contributed by atoms with Crippen LogP contribution in [0, 0.1) is 13.8 Å². The summed E-state index contributed by atoms with van der Waals surface area (Å²) in [6, 6.07) is 65.9. The SMILES string of the molecule is Cc1c(C(C)(C)C)ccc2c1N(c1ccccc1)c1c(C)c(C(C)(C)C)cc3c1B2c1cc2c4cc(C(C)(C)C)ccc4n(-c4ccccc4)c2cc1N3c1ccc(-c2cccc3c2oc2ccccc23)cc1. The van der Waals surface area contributed by atoms with Crippen LogP contribution in [0.2, 0.25) is 0 Å². The Morgan fingerprint density at radius 3 is 1.75 bits per heavy atom. The van der Waals surface area contributed by atoms with Crippen LogP contribution in [0.15, 0.2) is 180 Å². The number of hydrogen-bond acceptors (Lipinski definition) is 3. The molecule has 2 aliphatic heterocycles. The summed E-state index contributed by atoms with van der Waals surface area (Å²) in [5.74, 6) is 0. The molecular weight excluding hydrogens is 886 g/mol. The minimum absolute atomic E-state index is 0.0237. The monoisotopic (exact) mass is 947 g/mol. The number of anilines is 6. The highest BCUT2D eigenvalue weighted by Crippen LogP contribution is 2.51. The Bertz CT molecular complexity index is 4050. The van der Waals surface area contributed by atoms with Crippen LogP contribution in [0.3, 0.4) is 0 Å². The zero-order chi connectivity index (χ0) is 50.5. The summed E-state index contributed by atoms with van der Waals surface area (Å²) in [4.78, 5) is 5.23. The van der Waals surface area contributed by atoms with E-state index in [0.29, 0.717) is 0 Å². The zero-order valence-corrected chi connectivity index (χ0v) is 44.1. The van der Waals surface area contributed by atoms with Gasteiger partial charge in [0.05, 0.1) is 11.0 Å². The van der Waals surface area contributed by atoms with Crippen LogP contribution in [0.4, 0.5) is 34.1 Å². The average molecular weight is 948 g/mol. The summed E-state index contributed by atoms with van der Waals surface area (Å²) in [5, 5.41) is 4.81. The van der Waals surface area contributed by atoms with Crippen molar-refractivity contribution >= 4 is 101 Å². The average Bonchev–Trinajstić information content (AvgIpc) is 3.91. The van der Waals surface area contributed by atoms with Crippen molar-refractivity contribution in [1.29, 1.82) is 0 Å². The van der Waals surface area contributed by atoms with Gasteiger partial charge in [-0.15, -0.1) is 0 Å². The molecule has 0 unspecified atom stereocenters. The summed E-state index contributed by atoms with van der Waals surface area (Å²) in [6.45, 7) is 25.9. The molecule has 0 fully saturated rings. The van der Waals surface area contributed by atoms with Crippen LogP contribution in [0.25, 0.3) is 60.6 Å². The van der Waals surface area contributed by atoms with Crippen LogP contribution in [-0.4, -0.2) is 11.3 Å². The summed E-state index contributed by atoms with van der Waals surface area (Å²) in [6.07, 6.45) is 0. The predicted molar refractivity (Wildman–Crippen MR) is 313 cm³/mol. The van der Waals surface area contributed by atoms with E-state index in [9.17, 15) is 0 Å². The number of aromatic nitrogens is 1. The molecule has 0 amide bonds. The molecule has 4 heterocycles. The molecule has 358 valence electrons. The van der Waals surface area contributed by atoms with Crippen LogP contribution >= 0.6 is 0 Å². The van der Waals surface area contributed by atoms with Gasteiger partial charge in [-0.2, -0.15) is 0 Å². The first kappa shape index (κ1) is 45.1. The fourth-order valence-electron chi connectivity index (χ4n) is 12.8. The normalized spacial score (nSPS) is 13.6. The van der Waals surface area contributed by atoms with Gasteiger partial charge in [-0.05, 0) is 147 Å². The first-order chi connectivity index (χ1) is 35.0. The third-order valence-corrected chi connectivity index (χ3v) is 16.1. The van der Waals surface area contributed by atoms with Crippen LogP contribution in [0.1, 0.15) is 90.1 Å². The highest BCUT2D eigenvalue weighted by molar-refractivity contribution is 7.00. The molecule has 9 aromatic carbocycles. The maximum absolute atomic E-state index is 6.61. The second kappa shape index (κ2) is 15.9. The highest BCUT2D eigenvalue weighted by atomic mass is 16.3. The van der Waals surface area contributed by atoms with E-state index < -0.39 is 0 Å². The Kier molecular flexibility index (Phi) is 9.81.